The lowest BCUT2D eigenvalue weighted by Gasteiger charge is -2.17. The number of rotatable bonds is 3. The maximum atomic E-state index is 6.16. The highest BCUT2D eigenvalue weighted by Gasteiger charge is 2.34. The SMILES string of the molecule is Clc1ccc(NC2CCN(C3CC3)C2)c(Cl)c1. The van der Waals surface area contributed by atoms with Gasteiger partial charge in [0.2, 0.25) is 0 Å². The molecule has 1 atom stereocenters. The van der Waals surface area contributed by atoms with Gasteiger partial charge in [-0.2, -0.15) is 0 Å². The van der Waals surface area contributed by atoms with E-state index in [1.165, 1.54) is 25.8 Å². The number of likely N-dealkylation sites (tertiary alicyclic amines) is 1. The average Bonchev–Trinajstić information content (AvgIpc) is 3.04. The molecule has 2 fully saturated rings. The van der Waals surface area contributed by atoms with Crippen molar-refractivity contribution in [2.24, 2.45) is 0 Å². The largest absolute Gasteiger partial charge is 0.380 e. The van der Waals surface area contributed by atoms with Gasteiger partial charge in [-0.3, -0.25) is 4.90 Å². The number of halogens is 2. The first-order valence-corrected chi connectivity index (χ1v) is 6.93. The first kappa shape index (κ1) is 11.6. The quantitative estimate of drug-likeness (QED) is 0.902. The minimum atomic E-state index is 0.522. The number of hydrogen-bond acceptors (Lipinski definition) is 2. The van der Waals surface area contributed by atoms with Crippen LogP contribution in [0.25, 0.3) is 0 Å². The Morgan fingerprint density at radius 2 is 2.00 bits per heavy atom. The van der Waals surface area contributed by atoms with E-state index in [0.29, 0.717) is 16.1 Å². The van der Waals surface area contributed by atoms with Crippen molar-refractivity contribution in [3.63, 3.8) is 0 Å². The Morgan fingerprint density at radius 3 is 2.71 bits per heavy atom. The monoisotopic (exact) mass is 270 g/mol. The average molecular weight is 271 g/mol. The molecule has 2 nitrogen and oxygen atoms in total. The lowest BCUT2D eigenvalue weighted by Crippen LogP contribution is -2.27. The molecule has 4 heteroatoms. The molecule has 1 heterocycles. The number of nitrogens with zero attached hydrogens (tertiary/aromatic N) is 1. The normalized spacial score (nSPS) is 25.2. The fourth-order valence-corrected chi connectivity index (χ4v) is 2.97. The topological polar surface area (TPSA) is 15.3 Å². The van der Waals surface area contributed by atoms with Crippen LogP contribution < -0.4 is 5.32 Å². The molecule has 2 aliphatic rings. The van der Waals surface area contributed by atoms with Crippen LogP contribution in [-0.4, -0.2) is 30.1 Å². The van der Waals surface area contributed by atoms with Crippen LogP contribution in [0.15, 0.2) is 18.2 Å². The molecule has 1 saturated carbocycles. The Hall–Kier alpha value is -0.440. The van der Waals surface area contributed by atoms with Gasteiger partial charge in [-0.15, -0.1) is 0 Å². The van der Waals surface area contributed by atoms with Gasteiger partial charge >= 0.3 is 0 Å². The summed E-state index contributed by atoms with van der Waals surface area (Å²) in [5, 5.41) is 4.91. The number of anilines is 1. The van der Waals surface area contributed by atoms with Crippen LogP contribution in [0.4, 0.5) is 5.69 Å². The predicted molar refractivity (Wildman–Crippen MR) is 73.1 cm³/mol. The van der Waals surface area contributed by atoms with Crippen LogP contribution in [0.1, 0.15) is 19.3 Å². The van der Waals surface area contributed by atoms with Crippen molar-refractivity contribution in [3.05, 3.63) is 28.2 Å². The molecule has 1 N–H and O–H groups in total. The minimum absolute atomic E-state index is 0.522. The lowest BCUT2D eigenvalue weighted by atomic mass is 10.2. The second-order valence-corrected chi connectivity index (χ2v) is 5.82. The Morgan fingerprint density at radius 1 is 1.18 bits per heavy atom. The van der Waals surface area contributed by atoms with E-state index in [4.69, 9.17) is 23.2 Å². The van der Waals surface area contributed by atoms with Crippen LogP contribution in [0.3, 0.4) is 0 Å². The molecule has 92 valence electrons. The highest BCUT2D eigenvalue weighted by molar-refractivity contribution is 6.36. The van der Waals surface area contributed by atoms with E-state index < -0.39 is 0 Å². The summed E-state index contributed by atoms with van der Waals surface area (Å²) in [6.07, 6.45) is 3.97. The lowest BCUT2D eigenvalue weighted by molar-refractivity contribution is 0.326. The standard InChI is InChI=1S/C13H16Cl2N2/c14-9-1-4-13(12(15)7-9)16-10-5-6-17(8-10)11-2-3-11/h1,4,7,10-11,16H,2-3,5-6,8H2. The second-order valence-electron chi connectivity index (χ2n) is 4.98. The summed E-state index contributed by atoms with van der Waals surface area (Å²) < 4.78 is 0. The van der Waals surface area contributed by atoms with E-state index in [1.807, 2.05) is 12.1 Å². The van der Waals surface area contributed by atoms with E-state index >= 15 is 0 Å². The van der Waals surface area contributed by atoms with E-state index in [-0.39, 0.29) is 0 Å². The third-order valence-corrected chi connectivity index (χ3v) is 4.12. The number of benzene rings is 1. The maximum absolute atomic E-state index is 6.16. The summed E-state index contributed by atoms with van der Waals surface area (Å²) in [7, 11) is 0. The Kier molecular flexibility index (Phi) is 3.20. The van der Waals surface area contributed by atoms with Gasteiger partial charge in [-0.05, 0) is 37.5 Å². The molecule has 1 aromatic carbocycles. The number of hydrogen-bond donors (Lipinski definition) is 1. The van der Waals surface area contributed by atoms with E-state index in [0.717, 1.165) is 18.3 Å². The summed E-state index contributed by atoms with van der Waals surface area (Å²) in [5.41, 5.74) is 0.999. The molecule has 1 unspecified atom stereocenters. The summed E-state index contributed by atoms with van der Waals surface area (Å²) in [6, 6.07) is 7.02. The van der Waals surface area contributed by atoms with Gasteiger partial charge in [0.15, 0.2) is 0 Å². The highest BCUT2D eigenvalue weighted by Crippen LogP contribution is 2.32. The molecule has 1 aliphatic heterocycles. The molecular formula is C13H16Cl2N2. The molecule has 3 rings (SSSR count). The molecule has 0 amide bonds. The Bertz CT molecular complexity index is 418. The van der Waals surface area contributed by atoms with Gasteiger partial charge in [0, 0.05) is 30.2 Å². The van der Waals surface area contributed by atoms with Crippen molar-refractivity contribution in [1.29, 1.82) is 0 Å². The fourth-order valence-electron chi connectivity index (χ4n) is 2.50. The minimum Gasteiger partial charge on any atom is -0.380 e. The molecule has 17 heavy (non-hydrogen) atoms. The van der Waals surface area contributed by atoms with Crippen LogP contribution in [-0.2, 0) is 0 Å². The summed E-state index contributed by atoms with van der Waals surface area (Å²) in [6.45, 7) is 2.36. The van der Waals surface area contributed by atoms with Crippen LogP contribution in [0, 0.1) is 0 Å². The number of nitrogens with one attached hydrogen (secondary N) is 1. The van der Waals surface area contributed by atoms with Gasteiger partial charge in [-0.25, -0.2) is 0 Å². The van der Waals surface area contributed by atoms with Crippen molar-refractivity contribution in [2.75, 3.05) is 18.4 Å². The van der Waals surface area contributed by atoms with E-state index in [9.17, 15) is 0 Å². The van der Waals surface area contributed by atoms with Gasteiger partial charge in [0.25, 0.3) is 0 Å². The van der Waals surface area contributed by atoms with E-state index in [2.05, 4.69) is 10.2 Å². The van der Waals surface area contributed by atoms with Crippen molar-refractivity contribution < 1.29 is 0 Å². The first-order valence-electron chi connectivity index (χ1n) is 6.18. The van der Waals surface area contributed by atoms with Crippen LogP contribution in [0.5, 0.6) is 0 Å². The third-order valence-electron chi connectivity index (χ3n) is 3.57. The van der Waals surface area contributed by atoms with Crippen LogP contribution in [0.2, 0.25) is 10.0 Å². The van der Waals surface area contributed by atoms with E-state index in [1.54, 1.807) is 6.07 Å². The molecule has 0 spiro atoms. The smallest absolute Gasteiger partial charge is 0.0652 e. The maximum Gasteiger partial charge on any atom is 0.0652 e. The Balaban J connectivity index is 1.63. The molecule has 1 saturated heterocycles. The molecule has 0 aromatic heterocycles. The molecular weight excluding hydrogens is 255 g/mol. The fraction of sp³-hybridized carbons (Fsp3) is 0.538. The summed E-state index contributed by atoms with van der Waals surface area (Å²) >= 11 is 12.0. The zero-order valence-corrected chi connectivity index (χ0v) is 11.1. The van der Waals surface area contributed by atoms with Gasteiger partial charge in [-0.1, -0.05) is 23.2 Å². The third kappa shape index (κ3) is 2.70. The molecule has 1 aromatic rings. The first-order chi connectivity index (χ1) is 8.22. The second kappa shape index (κ2) is 4.68. The zero-order valence-electron chi connectivity index (χ0n) is 9.63. The molecule has 1 aliphatic carbocycles. The highest BCUT2D eigenvalue weighted by atomic mass is 35.5. The van der Waals surface area contributed by atoms with Crippen molar-refractivity contribution in [1.82, 2.24) is 4.90 Å². The summed E-state index contributed by atoms with van der Waals surface area (Å²) in [5.74, 6) is 0. The summed E-state index contributed by atoms with van der Waals surface area (Å²) in [4.78, 5) is 2.58. The van der Waals surface area contributed by atoms with Crippen molar-refractivity contribution >= 4 is 28.9 Å². The van der Waals surface area contributed by atoms with Crippen LogP contribution >= 0.6 is 23.2 Å². The molecule has 0 bridgehead atoms. The van der Waals surface area contributed by atoms with Gasteiger partial charge < -0.3 is 5.32 Å². The van der Waals surface area contributed by atoms with Crippen molar-refractivity contribution in [3.8, 4) is 0 Å². The van der Waals surface area contributed by atoms with Crippen molar-refractivity contribution in [2.45, 2.75) is 31.3 Å². The Labute approximate surface area is 112 Å². The molecule has 0 radical (unpaired) electrons. The van der Waals surface area contributed by atoms with Gasteiger partial charge in [0.1, 0.15) is 0 Å². The van der Waals surface area contributed by atoms with Gasteiger partial charge in [0.05, 0.1) is 10.7 Å². The zero-order chi connectivity index (χ0) is 11.8. The predicted octanol–water partition coefficient (Wildman–Crippen LogP) is 3.64.